The quantitative estimate of drug-likeness (QED) is 0.702. The second-order valence-electron chi connectivity index (χ2n) is 6.89. The minimum Gasteiger partial charge on any atom is -0.495 e. The van der Waals surface area contributed by atoms with Gasteiger partial charge in [0.15, 0.2) is 6.10 Å². The van der Waals surface area contributed by atoms with Crippen molar-refractivity contribution in [2.24, 2.45) is 5.92 Å². The number of hydrogen-bond acceptors (Lipinski definition) is 5. The monoisotopic (exact) mass is 396 g/mol. The fourth-order valence-corrected chi connectivity index (χ4v) is 3.32. The smallest absolute Gasteiger partial charge is 0.312 e. The fraction of sp³-hybridized carbons (Fsp3) is 0.318. The fourth-order valence-electron chi connectivity index (χ4n) is 3.32. The summed E-state index contributed by atoms with van der Waals surface area (Å²) in [4.78, 5) is 40.6. The largest absolute Gasteiger partial charge is 0.495 e. The van der Waals surface area contributed by atoms with E-state index in [9.17, 15) is 14.4 Å². The SMILES string of the molecule is COc1ccccc1N1CC(C(=O)OC(C)C(=O)N(C)c2ccccc2)CC1=O. The standard InChI is InChI=1S/C22H24N2O5/c1-15(21(26)23(2)17-9-5-4-6-10-17)29-22(27)16-13-20(25)24(14-16)18-11-7-8-12-19(18)28-3/h4-12,15-16H,13-14H2,1-3H3. The average Bonchev–Trinajstić information content (AvgIpc) is 3.14. The molecule has 7 heteroatoms. The molecule has 7 nitrogen and oxygen atoms in total. The molecule has 0 aliphatic carbocycles. The number of likely N-dealkylation sites (N-methyl/N-ethyl adjacent to an activating group) is 1. The molecule has 2 aromatic carbocycles. The van der Waals surface area contributed by atoms with Crippen molar-refractivity contribution in [3.05, 3.63) is 54.6 Å². The van der Waals surface area contributed by atoms with Gasteiger partial charge in [-0.1, -0.05) is 30.3 Å². The Kier molecular flexibility index (Phi) is 6.16. The van der Waals surface area contributed by atoms with Crippen molar-refractivity contribution in [2.45, 2.75) is 19.4 Å². The molecule has 2 unspecified atom stereocenters. The van der Waals surface area contributed by atoms with Crippen LogP contribution < -0.4 is 14.5 Å². The van der Waals surface area contributed by atoms with Gasteiger partial charge >= 0.3 is 5.97 Å². The molecule has 0 radical (unpaired) electrons. The van der Waals surface area contributed by atoms with E-state index in [-0.39, 0.29) is 24.8 Å². The molecular weight excluding hydrogens is 372 g/mol. The molecule has 2 aromatic rings. The van der Waals surface area contributed by atoms with Crippen molar-refractivity contribution in [2.75, 3.05) is 30.5 Å². The minimum absolute atomic E-state index is 0.0340. The third-order valence-electron chi connectivity index (χ3n) is 4.95. The summed E-state index contributed by atoms with van der Waals surface area (Å²) >= 11 is 0. The van der Waals surface area contributed by atoms with Gasteiger partial charge in [-0.05, 0) is 31.2 Å². The molecule has 29 heavy (non-hydrogen) atoms. The van der Waals surface area contributed by atoms with Crippen molar-refractivity contribution in [3.8, 4) is 5.75 Å². The van der Waals surface area contributed by atoms with Gasteiger partial charge in [0.2, 0.25) is 5.91 Å². The molecule has 152 valence electrons. The van der Waals surface area contributed by atoms with E-state index < -0.39 is 18.0 Å². The Labute approximate surface area is 169 Å². The van der Waals surface area contributed by atoms with Gasteiger partial charge in [0, 0.05) is 25.7 Å². The normalized spacial score (nSPS) is 17.0. The molecule has 2 atom stereocenters. The maximum absolute atomic E-state index is 12.6. The Morgan fingerprint density at radius 1 is 1.10 bits per heavy atom. The van der Waals surface area contributed by atoms with E-state index in [0.29, 0.717) is 17.1 Å². The first-order valence-electron chi connectivity index (χ1n) is 9.39. The highest BCUT2D eigenvalue weighted by Gasteiger charge is 2.38. The zero-order valence-electron chi connectivity index (χ0n) is 16.7. The number of esters is 1. The molecule has 0 spiro atoms. The summed E-state index contributed by atoms with van der Waals surface area (Å²) in [5.41, 5.74) is 1.32. The summed E-state index contributed by atoms with van der Waals surface area (Å²) in [5, 5.41) is 0. The molecular formula is C22H24N2O5. The molecule has 1 aliphatic rings. The first-order valence-corrected chi connectivity index (χ1v) is 9.39. The number of para-hydroxylation sites is 3. The molecule has 1 aliphatic heterocycles. The van der Waals surface area contributed by atoms with Crippen molar-refractivity contribution in [3.63, 3.8) is 0 Å². The molecule has 3 rings (SSSR count). The van der Waals surface area contributed by atoms with E-state index in [1.807, 2.05) is 24.3 Å². The Hall–Kier alpha value is -3.35. The van der Waals surface area contributed by atoms with Crippen LogP contribution in [0.3, 0.4) is 0 Å². The number of nitrogens with zero attached hydrogens (tertiary/aromatic N) is 2. The first kappa shape index (κ1) is 20.4. The molecule has 1 fully saturated rings. The Balaban J connectivity index is 1.64. The van der Waals surface area contributed by atoms with Gasteiger partial charge in [0.05, 0.1) is 18.7 Å². The van der Waals surface area contributed by atoms with E-state index in [1.165, 1.54) is 23.8 Å². The van der Waals surface area contributed by atoms with E-state index in [0.717, 1.165) is 0 Å². The molecule has 2 amide bonds. The van der Waals surface area contributed by atoms with Crippen molar-refractivity contribution >= 4 is 29.2 Å². The number of benzene rings is 2. The van der Waals surface area contributed by atoms with Crippen LogP contribution in [0.4, 0.5) is 11.4 Å². The number of carbonyl (C=O) groups is 3. The summed E-state index contributed by atoms with van der Waals surface area (Å²) in [6.07, 6.45) is -0.921. The second-order valence-corrected chi connectivity index (χ2v) is 6.89. The van der Waals surface area contributed by atoms with Gasteiger partial charge in [-0.3, -0.25) is 14.4 Å². The van der Waals surface area contributed by atoms with Crippen molar-refractivity contribution in [1.29, 1.82) is 0 Å². The maximum atomic E-state index is 12.6. The maximum Gasteiger partial charge on any atom is 0.312 e. The van der Waals surface area contributed by atoms with Gasteiger partial charge in [0.1, 0.15) is 5.75 Å². The van der Waals surface area contributed by atoms with Crippen LogP contribution in [0.25, 0.3) is 0 Å². The predicted octanol–water partition coefficient (Wildman–Crippen LogP) is 2.64. The van der Waals surface area contributed by atoms with Crippen LogP contribution >= 0.6 is 0 Å². The van der Waals surface area contributed by atoms with Gasteiger partial charge in [-0.25, -0.2) is 0 Å². The Bertz CT molecular complexity index is 899. The van der Waals surface area contributed by atoms with Crippen molar-refractivity contribution < 1.29 is 23.9 Å². The second kappa shape index (κ2) is 8.77. The van der Waals surface area contributed by atoms with Crippen molar-refractivity contribution in [1.82, 2.24) is 0 Å². The van der Waals surface area contributed by atoms with Crippen LogP contribution in [0.2, 0.25) is 0 Å². The van der Waals surface area contributed by atoms with Crippen LogP contribution in [0.15, 0.2) is 54.6 Å². The number of ether oxygens (including phenoxy) is 2. The lowest BCUT2D eigenvalue weighted by Crippen LogP contribution is -2.38. The summed E-state index contributed by atoms with van der Waals surface area (Å²) < 4.78 is 10.7. The van der Waals surface area contributed by atoms with Crippen LogP contribution in [-0.4, -0.2) is 44.6 Å². The highest BCUT2D eigenvalue weighted by atomic mass is 16.5. The highest BCUT2D eigenvalue weighted by Crippen LogP contribution is 2.33. The molecule has 0 saturated carbocycles. The lowest BCUT2D eigenvalue weighted by Gasteiger charge is -2.23. The zero-order valence-corrected chi connectivity index (χ0v) is 16.7. The summed E-state index contributed by atoms with van der Waals surface area (Å²) in [6.45, 7) is 1.72. The number of amides is 2. The van der Waals surface area contributed by atoms with Gasteiger partial charge in [0.25, 0.3) is 5.91 Å². The van der Waals surface area contributed by atoms with E-state index >= 15 is 0 Å². The van der Waals surface area contributed by atoms with Crippen LogP contribution in [0.5, 0.6) is 5.75 Å². The zero-order chi connectivity index (χ0) is 21.0. The number of methoxy groups -OCH3 is 1. The number of carbonyl (C=O) groups excluding carboxylic acids is 3. The third kappa shape index (κ3) is 4.39. The van der Waals surface area contributed by atoms with Crippen LogP contribution in [-0.2, 0) is 19.1 Å². The van der Waals surface area contributed by atoms with Gasteiger partial charge < -0.3 is 19.3 Å². The van der Waals surface area contributed by atoms with E-state index in [2.05, 4.69) is 0 Å². The Morgan fingerprint density at radius 3 is 2.45 bits per heavy atom. The molecule has 0 N–H and O–H groups in total. The highest BCUT2D eigenvalue weighted by molar-refractivity contribution is 6.01. The number of anilines is 2. The number of rotatable bonds is 6. The summed E-state index contributed by atoms with van der Waals surface area (Å²) in [5.74, 6) is -1.15. The minimum atomic E-state index is -0.955. The first-order chi connectivity index (χ1) is 13.9. The van der Waals surface area contributed by atoms with Crippen LogP contribution in [0, 0.1) is 5.92 Å². The molecule has 0 aromatic heterocycles. The summed E-state index contributed by atoms with van der Waals surface area (Å²) in [7, 11) is 3.16. The molecule has 1 saturated heterocycles. The van der Waals surface area contributed by atoms with E-state index in [1.54, 1.807) is 37.4 Å². The summed E-state index contributed by atoms with van der Waals surface area (Å²) in [6, 6.07) is 16.2. The number of hydrogen-bond donors (Lipinski definition) is 0. The third-order valence-corrected chi connectivity index (χ3v) is 4.95. The topological polar surface area (TPSA) is 76.2 Å². The van der Waals surface area contributed by atoms with Gasteiger partial charge in [-0.2, -0.15) is 0 Å². The van der Waals surface area contributed by atoms with Crippen LogP contribution in [0.1, 0.15) is 13.3 Å². The predicted molar refractivity (Wildman–Crippen MR) is 109 cm³/mol. The van der Waals surface area contributed by atoms with E-state index in [4.69, 9.17) is 9.47 Å². The lowest BCUT2D eigenvalue weighted by atomic mass is 10.1. The van der Waals surface area contributed by atoms with Gasteiger partial charge in [-0.15, -0.1) is 0 Å². The lowest BCUT2D eigenvalue weighted by molar-refractivity contribution is -0.157. The average molecular weight is 396 g/mol. The Morgan fingerprint density at radius 2 is 1.76 bits per heavy atom. The molecule has 1 heterocycles. The molecule has 0 bridgehead atoms.